The molecule has 0 aliphatic rings. The summed E-state index contributed by atoms with van der Waals surface area (Å²) in [6.45, 7) is 0. The molecule has 0 amide bonds. The van der Waals surface area contributed by atoms with Gasteiger partial charge >= 0.3 is 6.18 Å². The monoisotopic (exact) mass is 289 g/mol. The van der Waals surface area contributed by atoms with Gasteiger partial charge in [-0.3, -0.25) is 4.98 Å². The number of pyridine rings is 1. The number of nitrogens with zero attached hydrogens (tertiary/aromatic N) is 1. The molecule has 2 rings (SSSR count). The molecule has 0 aliphatic carbocycles. The SMILES string of the molecule is OC(c1cc(F)ccc1F)c1cnccc1C(F)(F)F. The Bertz CT molecular complexity index is 626. The summed E-state index contributed by atoms with van der Waals surface area (Å²) < 4.78 is 64.9. The van der Waals surface area contributed by atoms with Gasteiger partial charge in [0.25, 0.3) is 0 Å². The zero-order chi connectivity index (χ0) is 14.9. The Morgan fingerprint density at radius 1 is 1.05 bits per heavy atom. The number of alkyl halides is 3. The molecular formula is C13H8F5NO. The van der Waals surface area contributed by atoms with Crippen LogP contribution in [-0.2, 0) is 6.18 Å². The largest absolute Gasteiger partial charge is 0.416 e. The smallest absolute Gasteiger partial charge is 0.383 e. The predicted octanol–water partition coefficient (Wildman–Crippen LogP) is 3.46. The first-order valence-corrected chi connectivity index (χ1v) is 5.45. The lowest BCUT2D eigenvalue weighted by molar-refractivity contribution is -0.139. The number of halogens is 5. The summed E-state index contributed by atoms with van der Waals surface area (Å²) in [4.78, 5) is 3.48. The molecule has 0 radical (unpaired) electrons. The fourth-order valence-corrected chi connectivity index (χ4v) is 1.77. The molecule has 20 heavy (non-hydrogen) atoms. The van der Waals surface area contributed by atoms with Crippen LogP contribution in [0.3, 0.4) is 0 Å². The molecule has 0 saturated carbocycles. The van der Waals surface area contributed by atoms with Gasteiger partial charge in [-0.25, -0.2) is 8.78 Å². The van der Waals surface area contributed by atoms with Gasteiger partial charge in [-0.1, -0.05) is 0 Å². The summed E-state index contributed by atoms with van der Waals surface area (Å²) in [7, 11) is 0. The molecule has 0 fully saturated rings. The number of hydrogen-bond acceptors (Lipinski definition) is 2. The Balaban J connectivity index is 2.54. The molecule has 2 nitrogen and oxygen atoms in total. The van der Waals surface area contributed by atoms with Crippen molar-refractivity contribution in [3.05, 3.63) is 65.0 Å². The number of rotatable bonds is 2. The van der Waals surface area contributed by atoms with Crippen molar-refractivity contribution >= 4 is 0 Å². The normalized spacial score (nSPS) is 13.3. The van der Waals surface area contributed by atoms with Gasteiger partial charge < -0.3 is 5.11 Å². The van der Waals surface area contributed by atoms with Crippen molar-refractivity contribution in [3.63, 3.8) is 0 Å². The highest BCUT2D eigenvalue weighted by atomic mass is 19.4. The van der Waals surface area contributed by atoms with E-state index in [0.717, 1.165) is 24.5 Å². The van der Waals surface area contributed by atoms with E-state index < -0.39 is 40.6 Å². The lowest BCUT2D eigenvalue weighted by atomic mass is 9.98. The van der Waals surface area contributed by atoms with E-state index in [9.17, 15) is 27.1 Å². The van der Waals surface area contributed by atoms with Gasteiger partial charge in [0.1, 0.15) is 17.7 Å². The third-order valence-corrected chi connectivity index (χ3v) is 2.70. The lowest BCUT2D eigenvalue weighted by Crippen LogP contribution is -2.14. The first-order valence-electron chi connectivity index (χ1n) is 5.45. The standard InChI is InChI=1S/C13H8F5NO/c14-7-1-2-11(15)8(5-7)12(20)9-6-19-4-3-10(9)13(16,17)18/h1-6,12,20H. The van der Waals surface area contributed by atoms with E-state index in [-0.39, 0.29) is 0 Å². The topological polar surface area (TPSA) is 33.1 Å². The zero-order valence-corrected chi connectivity index (χ0v) is 9.83. The van der Waals surface area contributed by atoms with Crippen LogP contribution in [-0.4, -0.2) is 10.1 Å². The van der Waals surface area contributed by atoms with Gasteiger partial charge in [0, 0.05) is 23.5 Å². The van der Waals surface area contributed by atoms with E-state index in [0.29, 0.717) is 12.1 Å². The average Bonchev–Trinajstić information content (AvgIpc) is 2.40. The third kappa shape index (κ3) is 2.77. The van der Waals surface area contributed by atoms with Gasteiger partial charge in [-0.2, -0.15) is 13.2 Å². The summed E-state index contributed by atoms with van der Waals surface area (Å²) >= 11 is 0. The summed E-state index contributed by atoms with van der Waals surface area (Å²) in [5.41, 5.74) is -2.36. The second-order valence-corrected chi connectivity index (χ2v) is 4.03. The molecule has 2 aromatic rings. The molecule has 7 heteroatoms. The number of aromatic nitrogens is 1. The highest BCUT2D eigenvalue weighted by Gasteiger charge is 2.35. The van der Waals surface area contributed by atoms with Crippen LogP contribution >= 0.6 is 0 Å². The van der Waals surface area contributed by atoms with Crippen LogP contribution in [0.5, 0.6) is 0 Å². The van der Waals surface area contributed by atoms with Crippen LogP contribution in [0, 0.1) is 11.6 Å². The highest BCUT2D eigenvalue weighted by Crippen LogP contribution is 2.36. The van der Waals surface area contributed by atoms with E-state index in [1.54, 1.807) is 0 Å². The minimum atomic E-state index is -4.73. The Morgan fingerprint density at radius 2 is 1.75 bits per heavy atom. The maximum absolute atomic E-state index is 13.5. The van der Waals surface area contributed by atoms with Gasteiger partial charge in [0.2, 0.25) is 0 Å². The molecule has 1 unspecified atom stereocenters. The fraction of sp³-hybridized carbons (Fsp3) is 0.154. The first-order chi connectivity index (χ1) is 9.30. The number of benzene rings is 1. The van der Waals surface area contributed by atoms with Crippen molar-refractivity contribution in [2.24, 2.45) is 0 Å². The second-order valence-electron chi connectivity index (χ2n) is 4.03. The van der Waals surface area contributed by atoms with Gasteiger partial charge in [-0.15, -0.1) is 0 Å². The Kier molecular flexibility index (Phi) is 3.71. The fourth-order valence-electron chi connectivity index (χ4n) is 1.77. The molecule has 1 atom stereocenters. The second kappa shape index (κ2) is 5.16. The molecule has 1 aromatic heterocycles. The maximum Gasteiger partial charge on any atom is 0.416 e. The van der Waals surface area contributed by atoms with Gasteiger partial charge in [-0.05, 0) is 24.3 Å². The molecular weight excluding hydrogens is 281 g/mol. The van der Waals surface area contributed by atoms with Crippen LogP contribution in [0.1, 0.15) is 22.8 Å². The van der Waals surface area contributed by atoms with Crippen molar-refractivity contribution in [1.29, 1.82) is 0 Å². The Hall–Kier alpha value is -2.02. The van der Waals surface area contributed by atoms with E-state index >= 15 is 0 Å². The lowest BCUT2D eigenvalue weighted by Gasteiger charge is -2.17. The van der Waals surface area contributed by atoms with Crippen LogP contribution in [0.25, 0.3) is 0 Å². The van der Waals surface area contributed by atoms with E-state index in [1.165, 1.54) is 0 Å². The van der Waals surface area contributed by atoms with E-state index in [2.05, 4.69) is 4.98 Å². The zero-order valence-electron chi connectivity index (χ0n) is 9.83. The molecule has 0 aliphatic heterocycles. The molecule has 106 valence electrons. The van der Waals surface area contributed by atoms with E-state index in [4.69, 9.17) is 0 Å². The van der Waals surface area contributed by atoms with Crippen LogP contribution in [0.4, 0.5) is 22.0 Å². The van der Waals surface area contributed by atoms with Gasteiger partial charge in [0.05, 0.1) is 5.56 Å². The first kappa shape index (κ1) is 14.4. The molecule has 1 heterocycles. The average molecular weight is 289 g/mol. The summed E-state index contributed by atoms with van der Waals surface area (Å²) in [5, 5.41) is 9.89. The number of aliphatic hydroxyl groups is 1. The molecule has 0 saturated heterocycles. The van der Waals surface area contributed by atoms with Crippen molar-refractivity contribution in [2.45, 2.75) is 12.3 Å². The number of aliphatic hydroxyl groups excluding tert-OH is 1. The Morgan fingerprint density at radius 3 is 2.40 bits per heavy atom. The van der Waals surface area contributed by atoms with Gasteiger partial charge in [0.15, 0.2) is 0 Å². The maximum atomic E-state index is 13.5. The molecule has 1 aromatic carbocycles. The molecule has 0 bridgehead atoms. The highest BCUT2D eigenvalue weighted by molar-refractivity contribution is 5.36. The van der Waals surface area contributed by atoms with Crippen molar-refractivity contribution < 1.29 is 27.1 Å². The predicted molar refractivity (Wildman–Crippen MR) is 59.7 cm³/mol. The van der Waals surface area contributed by atoms with Crippen LogP contribution in [0.15, 0.2) is 36.7 Å². The number of hydrogen-bond donors (Lipinski definition) is 1. The van der Waals surface area contributed by atoms with Crippen LogP contribution < -0.4 is 0 Å². The minimum Gasteiger partial charge on any atom is -0.383 e. The summed E-state index contributed by atoms with van der Waals surface area (Å²) in [6.07, 6.45) is -5.02. The molecule has 0 spiro atoms. The van der Waals surface area contributed by atoms with Crippen molar-refractivity contribution in [2.75, 3.05) is 0 Å². The van der Waals surface area contributed by atoms with Crippen LogP contribution in [0.2, 0.25) is 0 Å². The summed E-state index contributed by atoms with van der Waals surface area (Å²) in [6, 6.07) is 2.85. The quantitative estimate of drug-likeness (QED) is 0.859. The van der Waals surface area contributed by atoms with Crippen molar-refractivity contribution in [3.8, 4) is 0 Å². The van der Waals surface area contributed by atoms with E-state index in [1.807, 2.05) is 0 Å². The third-order valence-electron chi connectivity index (χ3n) is 2.70. The molecule has 1 N–H and O–H groups in total. The van der Waals surface area contributed by atoms with Crippen molar-refractivity contribution in [1.82, 2.24) is 4.98 Å². The summed E-state index contributed by atoms with van der Waals surface area (Å²) in [5.74, 6) is -1.87. The minimum absolute atomic E-state index is 0.580. The Labute approximate surface area is 110 Å².